The molecule has 160 valence electrons. The third-order valence-electron chi connectivity index (χ3n) is 4.08. The molecule has 0 bridgehead atoms. The zero-order chi connectivity index (χ0) is 22.4. The monoisotopic (exact) mass is 442 g/mol. The summed E-state index contributed by atoms with van der Waals surface area (Å²) in [6, 6.07) is 16.8. The van der Waals surface area contributed by atoms with Crippen LogP contribution in [0.4, 0.5) is 27.5 Å². The number of amides is 2. The van der Waals surface area contributed by atoms with E-state index in [0.717, 1.165) is 0 Å². The minimum absolute atomic E-state index is 0.0450. The maximum atomic E-state index is 12.6. The number of urea groups is 1. The summed E-state index contributed by atoms with van der Waals surface area (Å²) in [4.78, 5) is 22.3. The number of non-ortho nitro benzene ring substituents is 1. The Morgan fingerprint density at radius 2 is 1.52 bits per heavy atom. The maximum Gasteiger partial charge on any atom is 0.323 e. The van der Waals surface area contributed by atoms with Crippen molar-refractivity contribution in [2.45, 2.75) is 4.90 Å². The van der Waals surface area contributed by atoms with Gasteiger partial charge < -0.3 is 15.4 Å². The van der Waals surface area contributed by atoms with Crippen LogP contribution in [0.25, 0.3) is 0 Å². The van der Waals surface area contributed by atoms with Gasteiger partial charge in [-0.15, -0.1) is 0 Å². The number of benzene rings is 3. The topological polar surface area (TPSA) is 140 Å². The van der Waals surface area contributed by atoms with Crippen LogP contribution in [-0.4, -0.2) is 26.5 Å². The van der Waals surface area contributed by atoms with E-state index in [1.807, 2.05) is 0 Å². The predicted octanol–water partition coefficient (Wildman–Crippen LogP) is 4.05. The van der Waals surface area contributed by atoms with Crippen LogP contribution in [0.5, 0.6) is 5.75 Å². The van der Waals surface area contributed by atoms with Crippen molar-refractivity contribution in [3.8, 4) is 5.75 Å². The van der Waals surface area contributed by atoms with Crippen LogP contribution < -0.4 is 20.1 Å². The first-order valence-electron chi connectivity index (χ1n) is 8.86. The van der Waals surface area contributed by atoms with E-state index in [1.54, 1.807) is 24.3 Å². The van der Waals surface area contributed by atoms with E-state index in [1.165, 1.54) is 55.6 Å². The molecule has 0 saturated carbocycles. The molecule has 3 aromatic rings. The third kappa shape index (κ3) is 5.70. The van der Waals surface area contributed by atoms with Crippen molar-refractivity contribution in [2.75, 3.05) is 22.5 Å². The van der Waals surface area contributed by atoms with E-state index in [4.69, 9.17) is 4.74 Å². The molecule has 0 aliphatic heterocycles. The maximum absolute atomic E-state index is 12.6. The van der Waals surface area contributed by atoms with Crippen molar-refractivity contribution >= 4 is 38.8 Å². The second-order valence-electron chi connectivity index (χ2n) is 6.24. The number of rotatable bonds is 7. The summed E-state index contributed by atoms with van der Waals surface area (Å²) in [5.74, 6) is 0.591. The molecule has 0 saturated heterocycles. The fourth-order valence-corrected chi connectivity index (χ4v) is 3.68. The van der Waals surface area contributed by atoms with Crippen molar-refractivity contribution in [1.29, 1.82) is 0 Å². The van der Waals surface area contributed by atoms with Crippen molar-refractivity contribution in [1.82, 2.24) is 0 Å². The fraction of sp³-hybridized carbons (Fsp3) is 0.0500. The first-order chi connectivity index (χ1) is 14.8. The molecule has 0 radical (unpaired) electrons. The van der Waals surface area contributed by atoms with Crippen LogP contribution in [-0.2, 0) is 10.0 Å². The average molecular weight is 442 g/mol. The van der Waals surface area contributed by atoms with Crippen LogP contribution in [0, 0.1) is 10.1 Å². The normalized spacial score (nSPS) is 10.7. The van der Waals surface area contributed by atoms with Gasteiger partial charge in [-0.1, -0.05) is 6.07 Å². The molecule has 0 atom stereocenters. The van der Waals surface area contributed by atoms with Gasteiger partial charge in [0.05, 0.1) is 16.9 Å². The SMILES string of the molecule is COc1ccc(NS(=O)(=O)c2cccc(NC(=O)Nc3ccc([N+](=O)[O-])cc3)c2)cc1. The van der Waals surface area contributed by atoms with Gasteiger partial charge in [0.15, 0.2) is 0 Å². The minimum atomic E-state index is -3.89. The van der Waals surface area contributed by atoms with Crippen LogP contribution in [0.15, 0.2) is 77.7 Å². The molecule has 0 unspecified atom stereocenters. The van der Waals surface area contributed by atoms with E-state index in [0.29, 0.717) is 17.1 Å². The Balaban J connectivity index is 1.68. The van der Waals surface area contributed by atoms with Crippen LogP contribution in [0.3, 0.4) is 0 Å². The molecule has 0 heterocycles. The number of sulfonamides is 1. The van der Waals surface area contributed by atoms with Crippen molar-refractivity contribution in [3.05, 3.63) is 82.9 Å². The molecule has 2 amide bonds. The number of hydrogen-bond acceptors (Lipinski definition) is 6. The van der Waals surface area contributed by atoms with E-state index >= 15 is 0 Å². The molecule has 0 fully saturated rings. The molecular weight excluding hydrogens is 424 g/mol. The Morgan fingerprint density at radius 1 is 0.903 bits per heavy atom. The third-order valence-corrected chi connectivity index (χ3v) is 5.46. The molecule has 3 aromatic carbocycles. The zero-order valence-electron chi connectivity index (χ0n) is 16.2. The lowest BCUT2D eigenvalue weighted by atomic mass is 10.3. The van der Waals surface area contributed by atoms with Crippen molar-refractivity contribution < 1.29 is 22.9 Å². The molecule has 0 aliphatic carbocycles. The first kappa shape index (κ1) is 21.6. The summed E-state index contributed by atoms with van der Waals surface area (Å²) in [7, 11) is -2.38. The van der Waals surface area contributed by atoms with E-state index in [2.05, 4.69) is 15.4 Å². The van der Waals surface area contributed by atoms with Crippen LogP contribution >= 0.6 is 0 Å². The molecule has 11 heteroatoms. The Hall–Kier alpha value is -4.12. The predicted molar refractivity (Wildman–Crippen MR) is 116 cm³/mol. The number of nitrogens with zero attached hydrogens (tertiary/aromatic N) is 1. The highest BCUT2D eigenvalue weighted by molar-refractivity contribution is 7.92. The van der Waals surface area contributed by atoms with E-state index in [9.17, 15) is 23.3 Å². The van der Waals surface area contributed by atoms with Crippen molar-refractivity contribution in [3.63, 3.8) is 0 Å². The standard InChI is InChI=1S/C20H18N4O6S/c1-30-18-11-7-15(8-12-18)23-31(28,29)19-4-2-3-16(13-19)22-20(25)21-14-5-9-17(10-6-14)24(26)27/h2-13,23H,1H3,(H2,21,22,25). The summed E-state index contributed by atoms with van der Waals surface area (Å²) in [5, 5.41) is 15.7. The quantitative estimate of drug-likeness (QED) is 0.373. The highest BCUT2D eigenvalue weighted by Crippen LogP contribution is 2.22. The van der Waals surface area contributed by atoms with Gasteiger partial charge in [0.25, 0.3) is 15.7 Å². The Labute approximate surface area is 178 Å². The van der Waals surface area contributed by atoms with Gasteiger partial charge in [-0.2, -0.15) is 0 Å². The van der Waals surface area contributed by atoms with Crippen LogP contribution in [0.1, 0.15) is 0 Å². The molecule has 10 nitrogen and oxygen atoms in total. The van der Waals surface area contributed by atoms with Gasteiger partial charge in [-0.3, -0.25) is 14.8 Å². The first-order valence-corrected chi connectivity index (χ1v) is 10.3. The lowest BCUT2D eigenvalue weighted by molar-refractivity contribution is -0.384. The fourth-order valence-electron chi connectivity index (χ4n) is 2.57. The Morgan fingerprint density at radius 3 is 2.13 bits per heavy atom. The zero-order valence-corrected chi connectivity index (χ0v) is 17.0. The van der Waals surface area contributed by atoms with E-state index < -0.39 is 21.0 Å². The lowest BCUT2D eigenvalue weighted by Gasteiger charge is -2.11. The van der Waals surface area contributed by atoms with E-state index in [-0.39, 0.29) is 16.3 Å². The second-order valence-corrected chi connectivity index (χ2v) is 7.93. The number of nitro groups is 1. The molecular formula is C20H18N4O6S. The number of ether oxygens (including phenoxy) is 1. The van der Waals surface area contributed by atoms with Gasteiger partial charge in [0, 0.05) is 29.2 Å². The van der Waals surface area contributed by atoms with Gasteiger partial charge in [-0.25, -0.2) is 13.2 Å². The summed E-state index contributed by atoms with van der Waals surface area (Å²) in [6.07, 6.45) is 0. The lowest BCUT2D eigenvalue weighted by Crippen LogP contribution is -2.20. The number of carbonyl (C=O) groups is 1. The second kappa shape index (κ2) is 9.13. The number of nitrogens with one attached hydrogen (secondary N) is 3. The summed E-state index contributed by atoms with van der Waals surface area (Å²) in [5.41, 5.74) is 0.841. The number of anilines is 3. The smallest absolute Gasteiger partial charge is 0.323 e. The largest absolute Gasteiger partial charge is 0.497 e. The molecule has 0 aromatic heterocycles. The summed E-state index contributed by atoms with van der Waals surface area (Å²) in [6.45, 7) is 0. The van der Waals surface area contributed by atoms with Gasteiger partial charge in [0.1, 0.15) is 5.75 Å². The number of carbonyl (C=O) groups excluding carboxylic acids is 1. The van der Waals surface area contributed by atoms with Crippen molar-refractivity contribution in [2.24, 2.45) is 0 Å². The van der Waals surface area contributed by atoms with Crippen LogP contribution in [0.2, 0.25) is 0 Å². The highest BCUT2D eigenvalue weighted by atomic mass is 32.2. The summed E-state index contributed by atoms with van der Waals surface area (Å²) >= 11 is 0. The van der Waals surface area contributed by atoms with Gasteiger partial charge in [-0.05, 0) is 54.6 Å². The molecule has 3 rings (SSSR count). The number of hydrogen-bond donors (Lipinski definition) is 3. The Kier molecular flexibility index (Phi) is 6.36. The van der Waals surface area contributed by atoms with Gasteiger partial charge in [0.2, 0.25) is 0 Å². The van der Waals surface area contributed by atoms with Gasteiger partial charge >= 0.3 is 6.03 Å². The number of methoxy groups -OCH3 is 1. The summed E-state index contributed by atoms with van der Waals surface area (Å²) < 4.78 is 32.8. The minimum Gasteiger partial charge on any atom is -0.497 e. The highest BCUT2D eigenvalue weighted by Gasteiger charge is 2.15. The molecule has 31 heavy (non-hydrogen) atoms. The Bertz CT molecular complexity index is 1200. The molecule has 0 spiro atoms. The molecule has 0 aliphatic rings. The molecule has 3 N–H and O–H groups in total. The number of nitro benzene ring substituents is 1. The average Bonchev–Trinajstić information content (AvgIpc) is 2.74.